The number of nitrogens with zero attached hydrogens (tertiary/aromatic N) is 4. The Morgan fingerprint density at radius 2 is 2.00 bits per heavy atom. The van der Waals surface area contributed by atoms with Crippen molar-refractivity contribution in [2.75, 3.05) is 31.1 Å². The van der Waals surface area contributed by atoms with Crippen LogP contribution in [0.15, 0.2) is 46.4 Å². The van der Waals surface area contributed by atoms with E-state index >= 15 is 0 Å². The van der Waals surface area contributed by atoms with Crippen molar-refractivity contribution < 1.29 is 17.7 Å². The summed E-state index contributed by atoms with van der Waals surface area (Å²) in [6.07, 6.45) is -2.56. The predicted octanol–water partition coefficient (Wildman–Crippen LogP) is 4.53. The average Bonchev–Trinajstić information content (AvgIpc) is 3.30. The van der Waals surface area contributed by atoms with Gasteiger partial charge < -0.3 is 9.42 Å². The first-order chi connectivity index (χ1) is 13.5. The van der Waals surface area contributed by atoms with Crippen molar-refractivity contribution in [2.45, 2.75) is 19.1 Å². The lowest BCUT2D eigenvalue weighted by atomic mass is 10.2. The van der Waals surface area contributed by atoms with Crippen molar-refractivity contribution in [1.82, 2.24) is 15.0 Å². The van der Waals surface area contributed by atoms with Crippen LogP contribution < -0.4 is 4.90 Å². The molecule has 3 aromatic heterocycles. The quantitative estimate of drug-likeness (QED) is 0.635. The topological polar surface area (TPSA) is 45.4 Å². The molecule has 4 rings (SSSR count). The second-order valence-electron chi connectivity index (χ2n) is 6.68. The van der Waals surface area contributed by atoms with E-state index in [4.69, 9.17) is 4.52 Å². The van der Waals surface area contributed by atoms with E-state index in [1.54, 1.807) is 11.3 Å². The minimum atomic E-state index is -4.36. The number of pyridine rings is 1. The maximum atomic E-state index is 12.7. The molecule has 0 amide bonds. The van der Waals surface area contributed by atoms with Crippen molar-refractivity contribution in [3.63, 3.8) is 0 Å². The van der Waals surface area contributed by atoms with Crippen molar-refractivity contribution >= 4 is 17.2 Å². The monoisotopic (exact) mass is 408 g/mol. The van der Waals surface area contributed by atoms with Gasteiger partial charge >= 0.3 is 6.18 Å². The molecule has 0 radical (unpaired) electrons. The molecule has 5 nitrogen and oxygen atoms in total. The SMILES string of the molecule is FC(F)(F)c1ccc(N2CCCN(Cc3cc(-c4cccs4)on3)CC2)nc1. The molecule has 0 aromatic carbocycles. The Morgan fingerprint density at radius 3 is 2.71 bits per heavy atom. The van der Waals surface area contributed by atoms with Crippen LogP contribution in [-0.4, -0.2) is 41.2 Å². The maximum absolute atomic E-state index is 12.7. The van der Waals surface area contributed by atoms with Gasteiger partial charge in [0.25, 0.3) is 0 Å². The largest absolute Gasteiger partial charge is 0.417 e. The molecule has 148 valence electrons. The van der Waals surface area contributed by atoms with Crippen LogP contribution >= 0.6 is 11.3 Å². The Bertz CT molecular complexity index is 893. The van der Waals surface area contributed by atoms with Crippen LogP contribution in [0.25, 0.3) is 10.6 Å². The summed E-state index contributed by atoms with van der Waals surface area (Å²) in [5, 5.41) is 6.16. The van der Waals surface area contributed by atoms with Gasteiger partial charge in [0.1, 0.15) is 5.82 Å². The first-order valence-corrected chi connectivity index (χ1v) is 9.87. The molecule has 4 heterocycles. The Morgan fingerprint density at radius 1 is 1.11 bits per heavy atom. The van der Waals surface area contributed by atoms with Crippen LogP contribution in [0.1, 0.15) is 17.7 Å². The Kier molecular flexibility index (Phi) is 5.36. The lowest BCUT2D eigenvalue weighted by Gasteiger charge is -2.22. The second kappa shape index (κ2) is 7.92. The highest BCUT2D eigenvalue weighted by atomic mass is 32.1. The minimum absolute atomic E-state index is 0.580. The normalized spacial score (nSPS) is 16.3. The van der Waals surface area contributed by atoms with E-state index in [0.717, 1.165) is 54.6 Å². The summed E-state index contributed by atoms with van der Waals surface area (Å²) in [6.45, 7) is 3.81. The molecule has 0 unspecified atom stereocenters. The van der Waals surface area contributed by atoms with Gasteiger partial charge in [0.2, 0.25) is 0 Å². The minimum Gasteiger partial charge on any atom is -0.355 e. The van der Waals surface area contributed by atoms with Gasteiger partial charge in [0.15, 0.2) is 5.76 Å². The molecule has 1 aliphatic rings. The van der Waals surface area contributed by atoms with Gasteiger partial charge in [0, 0.05) is 45.0 Å². The van der Waals surface area contributed by atoms with E-state index < -0.39 is 11.7 Å². The third-order valence-electron chi connectivity index (χ3n) is 4.70. The van der Waals surface area contributed by atoms with Crippen LogP contribution in [0.5, 0.6) is 0 Å². The Balaban J connectivity index is 1.36. The molecular weight excluding hydrogens is 389 g/mol. The molecule has 0 spiro atoms. The zero-order valence-corrected chi connectivity index (χ0v) is 15.8. The van der Waals surface area contributed by atoms with E-state index in [0.29, 0.717) is 18.9 Å². The van der Waals surface area contributed by atoms with Gasteiger partial charge in [-0.2, -0.15) is 13.2 Å². The van der Waals surface area contributed by atoms with Gasteiger partial charge in [-0.05, 0) is 30.0 Å². The molecule has 1 fully saturated rings. The summed E-state index contributed by atoms with van der Waals surface area (Å²) < 4.78 is 43.5. The molecule has 0 saturated carbocycles. The number of thiophene rings is 1. The second-order valence-corrected chi connectivity index (χ2v) is 7.63. The molecule has 0 atom stereocenters. The molecule has 0 N–H and O–H groups in total. The number of hydrogen-bond acceptors (Lipinski definition) is 6. The summed E-state index contributed by atoms with van der Waals surface area (Å²) in [7, 11) is 0. The van der Waals surface area contributed by atoms with E-state index in [9.17, 15) is 13.2 Å². The summed E-state index contributed by atoms with van der Waals surface area (Å²) in [6, 6.07) is 8.47. The first kappa shape index (κ1) is 18.9. The Labute approximate surface area is 164 Å². The van der Waals surface area contributed by atoms with Gasteiger partial charge in [-0.1, -0.05) is 11.2 Å². The third kappa shape index (κ3) is 4.36. The van der Waals surface area contributed by atoms with Gasteiger partial charge in [-0.25, -0.2) is 4.98 Å². The fraction of sp³-hybridized carbons (Fsp3) is 0.368. The van der Waals surface area contributed by atoms with Crippen LogP contribution in [0.2, 0.25) is 0 Å². The molecular formula is C19H19F3N4OS. The number of aromatic nitrogens is 2. The van der Waals surface area contributed by atoms with Gasteiger partial charge in [-0.15, -0.1) is 11.3 Å². The smallest absolute Gasteiger partial charge is 0.355 e. The summed E-state index contributed by atoms with van der Waals surface area (Å²) >= 11 is 1.61. The fourth-order valence-electron chi connectivity index (χ4n) is 3.25. The summed E-state index contributed by atoms with van der Waals surface area (Å²) in [5.74, 6) is 1.35. The molecule has 0 aliphatic carbocycles. The van der Waals surface area contributed by atoms with Crippen LogP contribution in [-0.2, 0) is 12.7 Å². The lowest BCUT2D eigenvalue weighted by molar-refractivity contribution is -0.137. The van der Waals surface area contributed by atoms with Crippen molar-refractivity contribution in [3.05, 3.63) is 53.2 Å². The number of halogens is 3. The first-order valence-electron chi connectivity index (χ1n) is 8.99. The number of anilines is 1. The van der Waals surface area contributed by atoms with E-state index in [2.05, 4.69) is 15.0 Å². The predicted molar refractivity (Wildman–Crippen MR) is 101 cm³/mol. The summed E-state index contributed by atoms with van der Waals surface area (Å²) in [4.78, 5) is 9.37. The standard InChI is InChI=1S/C19H19F3N4OS/c20-19(21,22)14-4-5-18(23-12-14)26-7-2-6-25(8-9-26)13-15-11-16(27-24-15)17-3-1-10-28-17/h1,3-5,10-12H,2,6-9,13H2. The Hall–Kier alpha value is -2.39. The summed E-state index contributed by atoms with van der Waals surface area (Å²) in [5.41, 5.74) is 0.157. The molecule has 3 aromatic rings. The van der Waals surface area contributed by atoms with Gasteiger partial charge in [0.05, 0.1) is 16.1 Å². The van der Waals surface area contributed by atoms with Crippen LogP contribution in [0, 0.1) is 0 Å². The fourth-order valence-corrected chi connectivity index (χ4v) is 3.92. The highest BCUT2D eigenvalue weighted by molar-refractivity contribution is 7.13. The molecule has 9 heteroatoms. The third-order valence-corrected chi connectivity index (χ3v) is 5.58. The zero-order chi connectivity index (χ0) is 19.6. The lowest BCUT2D eigenvalue weighted by Crippen LogP contribution is -2.31. The van der Waals surface area contributed by atoms with Crippen molar-refractivity contribution in [2.24, 2.45) is 0 Å². The van der Waals surface area contributed by atoms with E-state index in [1.165, 1.54) is 6.07 Å². The highest BCUT2D eigenvalue weighted by Gasteiger charge is 2.31. The molecule has 28 heavy (non-hydrogen) atoms. The average molecular weight is 408 g/mol. The highest BCUT2D eigenvalue weighted by Crippen LogP contribution is 2.29. The maximum Gasteiger partial charge on any atom is 0.417 e. The van der Waals surface area contributed by atoms with E-state index in [-0.39, 0.29) is 0 Å². The van der Waals surface area contributed by atoms with Crippen molar-refractivity contribution in [1.29, 1.82) is 0 Å². The number of rotatable bonds is 4. The van der Waals surface area contributed by atoms with E-state index in [1.807, 2.05) is 28.5 Å². The molecule has 1 saturated heterocycles. The number of hydrogen-bond donors (Lipinski definition) is 0. The zero-order valence-electron chi connectivity index (χ0n) is 15.0. The molecule has 0 bridgehead atoms. The van der Waals surface area contributed by atoms with Crippen LogP contribution in [0.3, 0.4) is 0 Å². The van der Waals surface area contributed by atoms with Gasteiger partial charge in [-0.3, -0.25) is 4.90 Å². The van der Waals surface area contributed by atoms with Crippen LogP contribution in [0.4, 0.5) is 19.0 Å². The number of alkyl halides is 3. The molecule has 1 aliphatic heterocycles. The van der Waals surface area contributed by atoms with Crippen molar-refractivity contribution in [3.8, 4) is 10.6 Å².